The van der Waals surface area contributed by atoms with Crippen LogP contribution in [0.1, 0.15) is 4.88 Å². The molecule has 0 bridgehead atoms. The maximum atomic E-state index is 12.2. The van der Waals surface area contributed by atoms with Crippen LogP contribution >= 0.6 is 11.3 Å². The van der Waals surface area contributed by atoms with Crippen LogP contribution in [0.15, 0.2) is 61.1 Å². The molecule has 37 heavy (non-hydrogen) atoms. The van der Waals surface area contributed by atoms with Crippen LogP contribution < -0.4 is 5.32 Å². The van der Waals surface area contributed by atoms with Crippen molar-refractivity contribution in [3.8, 4) is 33.1 Å². The Bertz CT molecular complexity index is 1760. The number of nitrogens with one attached hydrogen (secondary N) is 3. The Labute approximate surface area is 216 Å². The summed E-state index contributed by atoms with van der Waals surface area (Å²) in [6.07, 6.45) is 5.18. The molecule has 6 aromatic heterocycles. The third-order valence-corrected chi connectivity index (χ3v) is 7.01. The zero-order valence-corrected chi connectivity index (χ0v) is 21.3. The number of carbonyl (C=O) groups excluding carboxylic acids is 1. The van der Waals surface area contributed by atoms with Crippen LogP contribution in [0.5, 0.6) is 0 Å². The Kier molecular flexibility index (Phi) is 5.74. The molecular formula is C27H24N8OS. The van der Waals surface area contributed by atoms with Crippen molar-refractivity contribution < 1.29 is 4.79 Å². The molecule has 10 heteroatoms. The second-order valence-electron chi connectivity index (χ2n) is 9.13. The van der Waals surface area contributed by atoms with Gasteiger partial charge in [-0.05, 0) is 63.5 Å². The van der Waals surface area contributed by atoms with E-state index in [9.17, 15) is 4.79 Å². The van der Waals surface area contributed by atoms with Gasteiger partial charge >= 0.3 is 0 Å². The highest BCUT2D eigenvalue weighted by Gasteiger charge is 2.17. The summed E-state index contributed by atoms with van der Waals surface area (Å²) in [5, 5.41) is 11.6. The van der Waals surface area contributed by atoms with E-state index in [1.54, 1.807) is 23.7 Å². The minimum Gasteiger partial charge on any atom is -0.338 e. The van der Waals surface area contributed by atoms with Crippen LogP contribution in [-0.2, 0) is 4.79 Å². The highest BCUT2D eigenvalue weighted by molar-refractivity contribution is 7.15. The fraction of sp³-hybridized carbons (Fsp3) is 0.148. The number of rotatable bonds is 6. The Morgan fingerprint density at radius 2 is 2.00 bits per heavy atom. The van der Waals surface area contributed by atoms with Gasteiger partial charge in [-0.2, -0.15) is 5.10 Å². The normalized spacial score (nSPS) is 11.6. The zero-order valence-electron chi connectivity index (χ0n) is 20.5. The molecule has 0 spiro atoms. The molecule has 0 aliphatic carbocycles. The number of carbonyl (C=O) groups is 1. The smallest absolute Gasteiger partial charge is 0.238 e. The Hall–Kier alpha value is -4.41. The Morgan fingerprint density at radius 3 is 2.81 bits per heavy atom. The van der Waals surface area contributed by atoms with E-state index in [-0.39, 0.29) is 5.91 Å². The van der Waals surface area contributed by atoms with E-state index in [4.69, 9.17) is 4.98 Å². The molecule has 0 unspecified atom stereocenters. The van der Waals surface area contributed by atoms with Crippen LogP contribution in [0, 0.1) is 6.92 Å². The minimum absolute atomic E-state index is 0.103. The van der Waals surface area contributed by atoms with Gasteiger partial charge in [0.2, 0.25) is 5.91 Å². The molecule has 0 atom stereocenters. The van der Waals surface area contributed by atoms with Crippen LogP contribution in [0.2, 0.25) is 0 Å². The van der Waals surface area contributed by atoms with Gasteiger partial charge in [-0.25, -0.2) is 9.97 Å². The first-order chi connectivity index (χ1) is 17.9. The van der Waals surface area contributed by atoms with Crippen LogP contribution in [0.4, 0.5) is 5.69 Å². The molecule has 6 aromatic rings. The molecule has 0 saturated carbocycles. The molecule has 3 N–H and O–H groups in total. The van der Waals surface area contributed by atoms with Gasteiger partial charge < -0.3 is 15.2 Å². The van der Waals surface area contributed by atoms with Crippen molar-refractivity contribution in [1.29, 1.82) is 0 Å². The lowest BCUT2D eigenvalue weighted by Gasteiger charge is -2.10. The number of anilines is 1. The van der Waals surface area contributed by atoms with Gasteiger partial charge in [0.25, 0.3) is 0 Å². The quantitative estimate of drug-likeness (QED) is 0.288. The highest BCUT2D eigenvalue weighted by Crippen LogP contribution is 2.36. The summed E-state index contributed by atoms with van der Waals surface area (Å²) in [4.78, 5) is 33.6. The van der Waals surface area contributed by atoms with Gasteiger partial charge in [0.1, 0.15) is 16.9 Å². The van der Waals surface area contributed by atoms with E-state index in [2.05, 4.69) is 55.6 Å². The summed E-state index contributed by atoms with van der Waals surface area (Å²) in [6, 6.07) is 14.1. The Balaban J connectivity index is 1.38. The number of H-pyrrole nitrogens is 2. The van der Waals surface area contributed by atoms with Gasteiger partial charge in [-0.3, -0.25) is 14.9 Å². The standard InChI is InChI=1S/C27H24N8OS/c1-15-4-7-23(37-15)18-8-9-29-27-19(18)11-22(32-27)26-25-21(33-34-26)6-5-20(31-25)16-10-17(13-28-12-16)30-24(36)14-35(2)3/h4-13H,14H2,1-3H3,(H,29,32)(H,30,36)(H,33,34). The van der Waals surface area contributed by atoms with Crippen molar-refractivity contribution in [3.05, 3.63) is 65.9 Å². The number of pyridine rings is 3. The number of nitrogens with zero attached hydrogens (tertiary/aromatic N) is 5. The summed E-state index contributed by atoms with van der Waals surface area (Å²) >= 11 is 1.76. The van der Waals surface area contributed by atoms with E-state index >= 15 is 0 Å². The number of hydrogen-bond donors (Lipinski definition) is 3. The monoisotopic (exact) mass is 508 g/mol. The number of aryl methyl sites for hydroxylation is 1. The largest absolute Gasteiger partial charge is 0.338 e. The van der Waals surface area contributed by atoms with Gasteiger partial charge in [0, 0.05) is 38.7 Å². The molecule has 0 radical (unpaired) electrons. The molecule has 9 nitrogen and oxygen atoms in total. The summed E-state index contributed by atoms with van der Waals surface area (Å²) in [7, 11) is 3.70. The summed E-state index contributed by atoms with van der Waals surface area (Å²) < 4.78 is 0. The predicted molar refractivity (Wildman–Crippen MR) is 147 cm³/mol. The molecule has 6 rings (SSSR count). The van der Waals surface area contributed by atoms with Gasteiger partial charge in [0.05, 0.1) is 35.3 Å². The molecule has 0 saturated heterocycles. The number of fused-ring (bicyclic) bond motifs is 2. The summed E-state index contributed by atoms with van der Waals surface area (Å²) in [5.74, 6) is -0.103. The maximum Gasteiger partial charge on any atom is 0.238 e. The molecule has 0 aliphatic heterocycles. The van der Waals surface area contributed by atoms with E-state index in [1.165, 1.54) is 9.75 Å². The topological polar surface area (TPSA) is 115 Å². The fourth-order valence-corrected chi connectivity index (χ4v) is 5.24. The first-order valence-electron chi connectivity index (χ1n) is 11.7. The molecule has 1 amide bonds. The third-order valence-electron chi connectivity index (χ3n) is 5.98. The highest BCUT2D eigenvalue weighted by atomic mass is 32.1. The van der Waals surface area contributed by atoms with E-state index in [1.807, 2.05) is 49.5 Å². The maximum absolute atomic E-state index is 12.2. The van der Waals surface area contributed by atoms with Crippen LogP contribution in [0.3, 0.4) is 0 Å². The van der Waals surface area contributed by atoms with E-state index < -0.39 is 0 Å². The predicted octanol–water partition coefficient (Wildman–Crippen LogP) is 5.10. The van der Waals surface area contributed by atoms with Crippen molar-refractivity contribution in [3.63, 3.8) is 0 Å². The number of aromatic amines is 2. The molecule has 0 aliphatic rings. The van der Waals surface area contributed by atoms with Gasteiger partial charge in [-0.15, -0.1) is 11.3 Å². The SMILES string of the molecule is Cc1ccc(-c2ccnc3[nH]c(-c4n[nH]c5ccc(-c6cncc(NC(=O)CN(C)C)c6)nc45)cc23)s1. The van der Waals surface area contributed by atoms with E-state index in [0.29, 0.717) is 17.9 Å². The van der Waals surface area contributed by atoms with Crippen molar-refractivity contribution in [2.24, 2.45) is 0 Å². The average Bonchev–Trinajstić information content (AvgIpc) is 3.60. The van der Waals surface area contributed by atoms with Gasteiger partial charge in [0.15, 0.2) is 0 Å². The third kappa shape index (κ3) is 4.48. The molecule has 0 fully saturated rings. The van der Waals surface area contributed by atoms with Crippen molar-refractivity contribution in [1.82, 2.24) is 35.0 Å². The Morgan fingerprint density at radius 1 is 1.11 bits per heavy atom. The van der Waals surface area contributed by atoms with Crippen molar-refractivity contribution >= 4 is 45.0 Å². The van der Waals surface area contributed by atoms with Crippen molar-refractivity contribution in [2.45, 2.75) is 6.92 Å². The number of likely N-dealkylation sites (N-methyl/N-ethyl adjacent to an activating group) is 1. The second-order valence-corrected chi connectivity index (χ2v) is 10.4. The van der Waals surface area contributed by atoms with Crippen molar-refractivity contribution in [2.75, 3.05) is 26.0 Å². The van der Waals surface area contributed by atoms with Crippen LogP contribution in [-0.4, -0.2) is 61.6 Å². The summed E-state index contributed by atoms with van der Waals surface area (Å²) in [5.41, 5.74) is 7.20. The second kappa shape index (κ2) is 9.23. The molecule has 6 heterocycles. The number of aromatic nitrogens is 6. The molecular weight excluding hydrogens is 484 g/mol. The lowest BCUT2D eigenvalue weighted by molar-refractivity contribution is -0.116. The summed E-state index contributed by atoms with van der Waals surface area (Å²) in [6.45, 7) is 2.40. The lowest BCUT2D eigenvalue weighted by atomic mass is 10.1. The molecule has 184 valence electrons. The first kappa shape index (κ1) is 23.0. The first-order valence-corrected chi connectivity index (χ1v) is 12.6. The average molecular weight is 509 g/mol. The fourth-order valence-electron chi connectivity index (χ4n) is 4.33. The number of amides is 1. The van der Waals surface area contributed by atoms with Crippen LogP contribution in [0.25, 0.3) is 55.2 Å². The zero-order chi connectivity index (χ0) is 25.5. The molecule has 0 aromatic carbocycles. The van der Waals surface area contributed by atoms with E-state index in [0.717, 1.165) is 44.6 Å². The van der Waals surface area contributed by atoms with Gasteiger partial charge in [-0.1, -0.05) is 0 Å². The number of thiophene rings is 1. The minimum atomic E-state index is -0.103. The lowest BCUT2D eigenvalue weighted by Crippen LogP contribution is -2.27. The number of hydrogen-bond acceptors (Lipinski definition) is 7.